The Hall–Kier alpha value is -3.25. The van der Waals surface area contributed by atoms with Crippen molar-refractivity contribution in [1.29, 1.82) is 0 Å². The van der Waals surface area contributed by atoms with E-state index in [1.807, 2.05) is 0 Å². The molecule has 0 aliphatic heterocycles. The van der Waals surface area contributed by atoms with Gasteiger partial charge in [-0.25, -0.2) is 0 Å². The van der Waals surface area contributed by atoms with Crippen LogP contribution in [0.3, 0.4) is 0 Å². The molecule has 0 aromatic heterocycles. The first-order valence-corrected chi connectivity index (χ1v) is 13.4. The molecule has 0 radical (unpaired) electrons. The smallest absolute Gasteiger partial charge is 0.366 e. The van der Waals surface area contributed by atoms with Crippen LogP contribution in [0.5, 0.6) is 0 Å². The maximum atomic E-state index is 11.9. The van der Waals surface area contributed by atoms with Crippen LogP contribution in [0, 0.1) is 0 Å². The van der Waals surface area contributed by atoms with Gasteiger partial charge in [0.1, 0.15) is 11.7 Å². The number of rotatable bonds is 4. The highest BCUT2D eigenvalue weighted by Crippen LogP contribution is 2.09. The van der Waals surface area contributed by atoms with Gasteiger partial charge >= 0.3 is 10.2 Å². The van der Waals surface area contributed by atoms with E-state index in [-0.39, 0.29) is 11.7 Å². The molecule has 0 fully saturated rings. The van der Waals surface area contributed by atoms with E-state index in [0.717, 1.165) is 0 Å². The van der Waals surface area contributed by atoms with E-state index in [4.69, 9.17) is 32.0 Å². The van der Waals surface area contributed by atoms with Gasteiger partial charge in [0.05, 0.1) is 12.5 Å². The number of hydrogen-bond acceptors (Lipinski definition) is 8. The lowest BCUT2D eigenvalue weighted by atomic mass is 10.2. The molecular formula is C16H24N6O8S3. The van der Waals surface area contributed by atoms with E-state index in [1.54, 1.807) is 48.5 Å². The number of nitrogen functional groups attached to an aromatic ring is 2. The van der Waals surface area contributed by atoms with Gasteiger partial charge in [0.2, 0.25) is 0 Å². The minimum absolute atomic E-state index is 0.209. The second-order valence-electron chi connectivity index (χ2n) is 6.11. The molecule has 14 nitrogen and oxygen atoms in total. The molecule has 0 saturated carbocycles. The average Bonchev–Trinajstić information content (AvgIpc) is 2.59. The third kappa shape index (κ3) is 17.0. The molecule has 2 aromatic rings. The summed E-state index contributed by atoms with van der Waals surface area (Å²) in [6.07, 6.45) is 1.43. The molecule has 2 rings (SSSR count). The molecule has 0 atom stereocenters. The summed E-state index contributed by atoms with van der Waals surface area (Å²) in [5.41, 5.74) is 24.3. The molecule has 0 unspecified atom stereocenters. The fourth-order valence-corrected chi connectivity index (χ4v) is 2.43. The van der Waals surface area contributed by atoms with Gasteiger partial charge in [0.25, 0.3) is 20.2 Å². The van der Waals surface area contributed by atoms with Gasteiger partial charge in [0.15, 0.2) is 0 Å². The van der Waals surface area contributed by atoms with Gasteiger partial charge in [-0.2, -0.15) is 25.3 Å². The molecule has 0 bridgehead atoms. The topological polar surface area (TPSA) is 272 Å². The van der Waals surface area contributed by atoms with Crippen molar-refractivity contribution in [1.82, 2.24) is 0 Å². The monoisotopic (exact) mass is 524 g/mol. The number of nitrogens with two attached hydrogens (primary N) is 4. The van der Waals surface area contributed by atoms with Crippen molar-refractivity contribution in [2.75, 3.05) is 24.0 Å². The third-order valence-electron chi connectivity index (χ3n) is 2.84. The highest BCUT2D eigenvalue weighted by Gasteiger charge is 2.11. The first kappa shape index (κ1) is 29.8. The second-order valence-corrected chi connectivity index (χ2v) is 10.3. The summed E-state index contributed by atoms with van der Waals surface area (Å²) in [7, 11) is -11.6. The van der Waals surface area contributed by atoms with Gasteiger partial charge in [0, 0.05) is 22.5 Å². The standard InChI is InChI=1S/C14H16N6O2S.2CH4O3S/c15-11-5-1-9(2-6-11)13(17)19-23(21,22)20-14(18)10-3-7-12(16)8-4-10;2*1-5(2,3)4/h1-8H,15-16H2,(H2,17,19)(H2,18,20);2*1H3,(H,2,3,4). The lowest BCUT2D eigenvalue weighted by Crippen LogP contribution is -2.18. The molecule has 33 heavy (non-hydrogen) atoms. The number of benzene rings is 2. The van der Waals surface area contributed by atoms with Crippen LogP contribution in [0.25, 0.3) is 0 Å². The molecule has 0 aliphatic carbocycles. The van der Waals surface area contributed by atoms with Gasteiger partial charge in [-0.1, -0.05) is 0 Å². The van der Waals surface area contributed by atoms with Crippen molar-refractivity contribution >= 4 is 53.5 Å². The minimum atomic E-state index is -4.23. The molecule has 0 aliphatic rings. The lowest BCUT2D eigenvalue weighted by Gasteiger charge is -2.02. The molecule has 10 N–H and O–H groups in total. The quantitative estimate of drug-likeness (QED) is 0.124. The van der Waals surface area contributed by atoms with Crippen LogP contribution in [-0.4, -0.2) is 58.5 Å². The summed E-state index contributed by atoms with van der Waals surface area (Å²) in [6.45, 7) is 0. The van der Waals surface area contributed by atoms with E-state index in [9.17, 15) is 25.3 Å². The SMILES string of the molecule is CS(=O)(=O)O.CS(=O)(=O)O.N/C(=N\S(=O)(=O)/N=C(\N)c1ccc(N)cc1)c1ccc(N)cc1. The number of nitrogens with zero attached hydrogens (tertiary/aromatic N) is 2. The van der Waals surface area contributed by atoms with Gasteiger partial charge in [-0.15, -0.1) is 8.80 Å². The average molecular weight is 525 g/mol. The summed E-state index contributed by atoms with van der Waals surface area (Å²) in [6, 6.07) is 12.5. The number of hydrogen-bond donors (Lipinski definition) is 6. The van der Waals surface area contributed by atoms with Crippen molar-refractivity contribution in [3.05, 3.63) is 59.7 Å². The Morgan fingerprint density at radius 2 is 0.848 bits per heavy atom. The maximum absolute atomic E-state index is 11.9. The molecule has 0 heterocycles. The van der Waals surface area contributed by atoms with Crippen LogP contribution in [0.1, 0.15) is 11.1 Å². The van der Waals surface area contributed by atoms with Crippen LogP contribution in [0.15, 0.2) is 57.3 Å². The Morgan fingerprint density at radius 1 is 0.636 bits per heavy atom. The number of amidine groups is 2. The molecular weight excluding hydrogens is 500 g/mol. The predicted molar refractivity (Wildman–Crippen MR) is 127 cm³/mol. The maximum Gasteiger partial charge on any atom is 0.366 e. The van der Waals surface area contributed by atoms with Crippen LogP contribution in [0.4, 0.5) is 11.4 Å². The summed E-state index contributed by atoms with van der Waals surface area (Å²) in [4.78, 5) is 0. The summed E-state index contributed by atoms with van der Waals surface area (Å²) >= 11 is 0. The van der Waals surface area contributed by atoms with Crippen molar-refractivity contribution in [3.63, 3.8) is 0 Å². The van der Waals surface area contributed by atoms with Crippen LogP contribution < -0.4 is 22.9 Å². The van der Waals surface area contributed by atoms with E-state index in [2.05, 4.69) is 8.80 Å². The van der Waals surface area contributed by atoms with Gasteiger partial charge < -0.3 is 22.9 Å². The first-order chi connectivity index (χ1) is 14.8. The van der Waals surface area contributed by atoms with E-state index in [1.165, 1.54) is 0 Å². The van der Waals surface area contributed by atoms with Crippen LogP contribution in [0.2, 0.25) is 0 Å². The molecule has 2 aromatic carbocycles. The highest BCUT2D eigenvalue weighted by atomic mass is 32.2. The summed E-state index contributed by atoms with van der Waals surface area (Å²) in [5, 5.41) is 0. The van der Waals surface area contributed by atoms with Crippen molar-refractivity contribution < 1.29 is 34.4 Å². The Balaban J connectivity index is 0.000000859. The lowest BCUT2D eigenvalue weighted by molar-refractivity contribution is 0.488. The molecule has 0 saturated heterocycles. The molecule has 17 heteroatoms. The van der Waals surface area contributed by atoms with E-state index < -0.39 is 30.4 Å². The highest BCUT2D eigenvalue weighted by molar-refractivity contribution is 7.89. The normalized spacial score (nSPS) is 12.6. The van der Waals surface area contributed by atoms with Crippen LogP contribution >= 0.6 is 0 Å². The second kappa shape index (κ2) is 12.1. The third-order valence-corrected chi connectivity index (χ3v) is 3.70. The zero-order valence-electron chi connectivity index (χ0n) is 17.4. The molecule has 184 valence electrons. The number of anilines is 2. The fourth-order valence-electron chi connectivity index (χ4n) is 1.68. The molecule has 0 spiro atoms. The van der Waals surface area contributed by atoms with Gasteiger partial charge in [-0.05, 0) is 48.5 Å². The first-order valence-electron chi connectivity index (χ1n) is 8.29. The zero-order valence-corrected chi connectivity index (χ0v) is 19.8. The van der Waals surface area contributed by atoms with Crippen molar-refractivity contribution in [2.24, 2.45) is 20.3 Å². The Labute approximate surface area is 191 Å². The summed E-state index contributed by atoms with van der Waals surface area (Å²) < 4.78 is 82.5. The Bertz CT molecular complexity index is 1190. The van der Waals surface area contributed by atoms with E-state index >= 15 is 0 Å². The zero-order chi connectivity index (χ0) is 26.0. The van der Waals surface area contributed by atoms with Crippen molar-refractivity contribution in [2.45, 2.75) is 0 Å². The Kier molecular flexibility index (Phi) is 10.9. The fraction of sp³-hybridized carbons (Fsp3) is 0.125. The molecule has 0 amide bonds. The van der Waals surface area contributed by atoms with E-state index in [0.29, 0.717) is 35.0 Å². The van der Waals surface area contributed by atoms with Crippen molar-refractivity contribution in [3.8, 4) is 0 Å². The minimum Gasteiger partial charge on any atom is -0.399 e. The largest absolute Gasteiger partial charge is 0.399 e. The predicted octanol–water partition coefficient (Wildman–Crippen LogP) is -0.785. The van der Waals surface area contributed by atoms with Crippen LogP contribution in [-0.2, 0) is 30.4 Å². The Morgan fingerprint density at radius 3 is 1.06 bits per heavy atom. The summed E-state index contributed by atoms with van der Waals surface area (Å²) in [5.74, 6) is -0.419. The van der Waals surface area contributed by atoms with Gasteiger partial charge in [-0.3, -0.25) is 9.11 Å².